The molecule has 5 aromatic rings. The van der Waals surface area contributed by atoms with Gasteiger partial charge in [0.2, 0.25) is 0 Å². The molecule has 0 saturated carbocycles. The van der Waals surface area contributed by atoms with Gasteiger partial charge in [-0.1, -0.05) is 54.6 Å². The van der Waals surface area contributed by atoms with E-state index >= 15 is 0 Å². The van der Waals surface area contributed by atoms with Gasteiger partial charge in [0.05, 0.1) is 17.8 Å². The topological polar surface area (TPSA) is 95.0 Å². The predicted octanol–water partition coefficient (Wildman–Crippen LogP) is 3.49. The molecule has 5 rings (SSSR count). The minimum Gasteiger partial charge on any atom is -0.354 e. The number of quaternary nitrogens is 1. The number of H-pyrrole nitrogens is 1. The van der Waals surface area contributed by atoms with Gasteiger partial charge in [-0.25, -0.2) is 9.97 Å². The fourth-order valence-corrected chi connectivity index (χ4v) is 3.49. The summed E-state index contributed by atoms with van der Waals surface area (Å²) < 4.78 is 0. The zero-order valence-corrected chi connectivity index (χ0v) is 15.7. The molecule has 2 aromatic carbocycles. The first-order chi connectivity index (χ1) is 14.3. The van der Waals surface area contributed by atoms with Crippen LogP contribution in [0.3, 0.4) is 0 Å². The molecule has 0 radical (unpaired) electrons. The average molecular weight is 379 g/mol. The molecule has 0 aliphatic rings. The monoisotopic (exact) mass is 379 g/mol. The standard InChI is InChI=1S/C23H18N6/c24-13-15-6-8-17(9-7-15)21-18(16-4-2-1-3-5-16)12-19-20(28-21)10-11-25-22(19)23-26-14-27-29-23/h1-12,14H,13,24H2,(H,26,27,29)/p+1. The number of hydrogen-bond donors (Lipinski definition) is 2. The third-order valence-corrected chi connectivity index (χ3v) is 4.98. The SMILES string of the molecule is [NH3+]Cc1ccc(-c2nc3ccnc(-c4ncn[nH]4)c3cc2-c2ccccc2)cc1. The van der Waals surface area contributed by atoms with Crippen molar-refractivity contribution in [3.8, 4) is 33.9 Å². The highest BCUT2D eigenvalue weighted by atomic mass is 15.2. The fraction of sp³-hybridized carbons (Fsp3) is 0.0435. The van der Waals surface area contributed by atoms with Gasteiger partial charge in [0.25, 0.3) is 0 Å². The van der Waals surface area contributed by atoms with Crippen LogP contribution in [0.15, 0.2) is 79.3 Å². The van der Waals surface area contributed by atoms with E-state index in [9.17, 15) is 0 Å². The Labute approximate surface area is 167 Å². The van der Waals surface area contributed by atoms with Crippen molar-refractivity contribution in [2.75, 3.05) is 0 Å². The van der Waals surface area contributed by atoms with Crippen LogP contribution in [0.2, 0.25) is 0 Å². The number of rotatable bonds is 4. The fourth-order valence-electron chi connectivity index (χ4n) is 3.49. The molecule has 0 aliphatic carbocycles. The van der Waals surface area contributed by atoms with Crippen LogP contribution in [0.5, 0.6) is 0 Å². The van der Waals surface area contributed by atoms with Crippen LogP contribution < -0.4 is 5.73 Å². The van der Waals surface area contributed by atoms with Crippen LogP contribution in [-0.2, 0) is 6.54 Å². The largest absolute Gasteiger partial charge is 0.354 e. The molecule has 6 heteroatoms. The van der Waals surface area contributed by atoms with Crippen molar-refractivity contribution in [3.63, 3.8) is 0 Å². The van der Waals surface area contributed by atoms with Gasteiger partial charge in [-0.2, -0.15) is 5.10 Å². The molecule has 0 atom stereocenters. The number of aromatic nitrogens is 5. The normalized spacial score (nSPS) is 11.1. The van der Waals surface area contributed by atoms with Crippen LogP contribution in [0.1, 0.15) is 5.56 Å². The summed E-state index contributed by atoms with van der Waals surface area (Å²) in [6.07, 6.45) is 3.24. The first-order valence-electron chi connectivity index (χ1n) is 9.43. The predicted molar refractivity (Wildman–Crippen MR) is 112 cm³/mol. The van der Waals surface area contributed by atoms with E-state index in [-0.39, 0.29) is 0 Å². The summed E-state index contributed by atoms with van der Waals surface area (Å²) in [5.41, 5.74) is 10.9. The van der Waals surface area contributed by atoms with Gasteiger partial charge in [0, 0.05) is 28.3 Å². The van der Waals surface area contributed by atoms with Crippen LogP contribution in [0.25, 0.3) is 44.8 Å². The number of aromatic amines is 1. The van der Waals surface area contributed by atoms with Crippen molar-refractivity contribution in [2.24, 2.45) is 0 Å². The zero-order chi connectivity index (χ0) is 19.6. The van der Waals surface area contributed by atoms with E-state index in [0.29, 0.717) is 5.82 Å². The molecule has 3 aromatic heterocycles. The van der Waals surface area contributed by atoms with Crippen molar-refractivity contribution < 1.29 is 5.73 Å². The highest BCUT2D eigenvalue weighted by Crippen LogP contribution is 2.35. The molecule has 0 fully saturated rings. The van der Waals surface area contributed by atoms with Crippen molar-refractivity contribution in [1.82, 2.24) is 25.1 Å². The van der Waals surface area contributed by atoms with E-state index in [4.69, 9.17) is 4.98 Å². The lowest BCUT2D eigenvalue weighted by molar-refractivity contribution is -0.386. The maximum Gasteiger partial charge on any atom is 0.174 e. The second-order valence-electron chi connectivity index (χ2n) is 6.76. The molecule has 0 bridgehead atoms. The van der Waals surface area contributed by atoms with Gasteiger partial charge >= 0.3 is 0 Å². The highest BCUT2D eigenvalue weighted by Gasteiger charge is 2.15. The molecule has 4 N–H and O–H groups in total. The van der Waals surface area contributed by atoms with Gasteiger partial charge in [-0.3, -0.25) is 10.1 Å². The number of pyridine rings is 2. The number of benzene rings is 2. The smallest absolute Gasteiger partial charge is 0.174 e. The lowest BCUT2D eigenvalue weighted by Crippen LogP contribution is -2.47. The van der Waals surface area contributed by atoms with Gasteiger partial charge in [-0.15, -0.1) is 0 Å². The zero-order valence-electron chi connectivity index (χ0n) is 15.7. The Morgan fingerprint density at radius 1 is 0.828 bits per heavy atom. The van der Waals surface area contributed by atoms with Crippen molar-refractivity contribution in [3.05, 3.63) is 84.8 Å². The van der Waals surface area contributed by atoms with Crippen LogP contribution in [0, 0.1) is 0 Å². The van der Waals surface area contributed by atoms with E-state index in [1.54, 1.807) is 6.20 Å². The van der Waals surface area contributed by atoms with E-state index in [1.807, 2.05) is 24.3 Å². The summed E-state index contributed by atoms with van der Waals surface area (Å²) in [5, 5.41) is 7.80. The molecular formula is C23H19N6+. The van der Waals surface area contributed by atoms with E-state index in [1.165, 1.54) is 11.9 Å². The Kier molecular flexibility index (Phi) is 4.31. The molecule has 3 heterocycles. The molecule has 0 amide bonds. The quantitative estimate of drug-likeness (QED) is 0.500. The molecule has 0 saturated heterocycles. The molecule has 6 nitrogen and oxygen atoms in total. The van der Waals surface area contributed by atoms with Crippen LogP contribution in [-0.4, -0.2) is 25.1 Å². The molecule has 140 valence electrons. The average Bonchev–Trinajstić information content (AvgIpc) is 3.33. The minimum atomic E-state index is 0.629. The Balaban J connectivity index is 1.79. The summed E-state index contributed by atoms with van der Waals surface area (Å²) in [7, 11) is 0. The maximum absolute atomic E-state index is 5.03. The Morgan fingerprint density at radius 3 is 2.38 bits per heavy atom. The second kappa shape index (κ2) is 7.26. The summed E-state index contributed by atoms with van der Waals surface area (Å²) in [6.45, 7) is 0.767. The first-order valence-corrected chi connectivity index (χ1v) is 9.43. The van der Waals surface area contributed by atoms with Gasteiger partial charge in [-0.05, 0) is 17.7 Å². The van der Waals surface area contributed by atoms with Gasteiger partial charge < -0.3 is 5.73 Å². The Morgan fingerprint density at radius 2 is 1.66 bits per heavy atom. The van der Waals surface area contributed by atoms with Crippen molar-refractivity contribution in [2.45, 2.75) is 6.54 Å². The summed E-state index contributed by atoms with van der Waals surface area (Å²) in [4.78, 5) is 13.8. The number of hydrogen-bond acceptors (Lipinski definition) is 4. The second-order valence-corrected chi connectivity index (χ2v) is 6.76. The number of nitrogens with zero attached hydrogens (tertiary/aromatic N) is 4. The van der Waals surface area contributed by atoms with Crippen LogP contribution >= 0.6 is 0 Å². The number of nitrogens with one attached hydrogen (secondary N) is 1. The molecule has 0 unspecified atom stereocenters. The lowest BCUT2D eigenvalue weighted by Gasteiger charge is -2.13. The van der Waals surface area contributed by atoms with E-state index in [0.717, 1.165) is 45.5 Å². The molecule has 29 heavy (non-hydrogen) atoms. The van der Waals surface area contributed by atoms with E-state index in [2.05, 4.69) is 68.4 Å². The summed E-state index contributed by atoms with van der Waals surface area (Å²) >= 11 is 0. The van der Waals surface area contributed by atoms with E-state index < -0.39 is 0 Å². The lowest BCUT2D eigenvalue weighted by atomic mass is 9.96. The minimum absolute atomic E-state index is 0.629. The summed E-state index contributed by atoms with van der Waals surface area (Å²) in [5.74, 6) is 0.629. The van der Waals surface area contributed by atoms with Crippen molar-refractivity contribution >= 4 is 10.9 Å². The summed E-state index contributed by atoms with van der Waals surface area (Å²) in [6, 6.07) is 22.8. The third-order valence-electron chi connectivity index (χ3n) is 4.98. The van der Waals surface area contributed by atoms with Crippen LogP contribution in [0.4, 0.5) is 0 Å². The maximum atomic E-state index is 5.03. The molecule has 0 aliphatic heterocycles. The first kappa shape index (κ1) is 17.2. The van der Waals surface area contributed by atoms with Gasteiger partial charge in [0.1, 0.15) is 12.0 Å². The van der Waals surface area contributed by atoms with Crippen molar-refractivity contribution in [1.29, 1.82) is 0 Å². The Bertz CT molecular complexity index is 1260. The molecule has 0 spiro atoms. The highest BCUT2D eigenvalue weighted by molar-refractivity contribution is 5.97. The third kappa shape index (κ3) is 3.15. The Hall–Kier alpha value is -3.90. The molecular weight excluding hydrogens is 360 g/mol. The van der Waals surface area contributed by atoms with Gasteiger partial charge in [0.15, 0.2) is 5.82 Å². The number of fused-ring (bicyclic) bond motifs is 1.